The number of amides is 1. The van der Waals surface area contributed by atoms with Crippen LogP contribution in [0.4, 0.5) is 15.8 Å². The molecule has 0 aromatic heterocycles. The van der Waals surface area contributed by atoms with E-state index in [0.29, 0.717) is 15.6 Å². The Hall–Kier alpha value is -1.92. The maximum Gasteiger partial charge on any atom is 0.237 e. The van der Waals surface area contributed by atoms with Gasteiger partial charge in [-0.15, -0.1) is 0 Å². The summed E-state index contributed by atoms with van der Waals surface area (Å²) >= 11 is 5.74. The number of hydrogen-bond acceptors (Lipinski definition) is 3. The predicted molar refractivity (Wildman–Crippen MR) is 82.2 cm³/mol. The quantitative estimate of drug-likeness (QED) is 0.849. The zero-order chi connectivity index (χ0) is 15.4. The Labute approximate surface area is 128 Å². The molecule has 2 aromatic rings. The van der Waals surface area contributed by atoms with Crippen LogP contribution in [0, 0.1) is 5.82 Å². The van der Waals surface area contributed by atoms with Crippen LogP contribution in [0.3, 0.4) is 0 Å². The molecule has 0 heterocycles. The number of carbonyl (C=O) groups excluding carboxylic acids is 1. The molecule has 0 aliphatic carbocycles. The number of rotatable bonds is 4. The first-order valence-electron chi connectivity index (χ1n) is 5.94. The summed E-state index contributed by atoms with van der Waals surface area (Å²) in [6.45, 7) is 0. The normalized spacial score (nSPS) is 11.9. The third kappa shape index (κ3) is 4.27. The smallest absolute Gasteiger partial charge is 0.237 e. The highest BCUT2D eigenvalue weighted by Gasteiger charge is 2.11. The van der Waals surface area contributed by atoms with Gasteiger partial charge in [0.2, 0.25) is 5.91 Å². The van der Waals surface area contributed by atoms with Crippen molar-refractivity contribution in [2.75, 3.05) is 16.8 Å². The van der Waals surface area contributed by atoms with Gasteiger partial charge in [-0.2, -0.15) is 0 Å². The molecule has 1 atom stereocenters. The number of anilines is 2. The molecule has 1 unspecified atom stereocenters. The van der Waals surface area contributed by atoms with Gasteiger partial charge in [-0.1, -0.05) is 11.6 Å². The van der Waals surface area contributed by atoms with Gasteiger partial charge in [0.05, 0.1) is 16.5 Å². The maximum absolute atomic E-state index is 13.0. The third-order valence-electron chi connectivity index (χ3n) is 2.62. The summed E-state index contributed by atoms with van der Waals surface area (Å²) in [6.07, 6.45) is 0. The van der Waals surface area contributed by atoms with Crippen LogP contribution in [0.1, 0.15) is 0 Å². The molecule has 0 saturated carbocycles. The molecule has 2 aromatic carbocycles. The summed E-state index contributed by atoms with van der Waals surface area (Å²) in [5.41, 5.74) is 5.69. The molecule has 21 heavy (non-hydrogen) atoms. The van der Waals surface area contributed by atoms with Gasteiger partial charge in [-0.3, -0.25) is 9.00 Å². The number of nitrogen functional groups attached to an aromatic ring is 1. The van der Waals surface area contributed by atoms with Gasteiger partial charge in [0.1, 0.15) is 11.6 Å². The number of nitrogens with one attached hydrogen (secondary N) is 1. The Morgan fingerprint density at radius 1 is 1.24 bits per heavy atom. The summed E-state index contributed by atoms with van der Waals surface area (Å²) in [5, 5.41) is 3.05. The monoisotopic (exact) mass is 326 g/mol. The minimum Gasteiger partial charge on any atom is -0.396 e. The first kappa shape index (κ1) is 15.5. The zero-order valence-electron chi connectivity index (χ0n) is 10.8. The highest BCUT2D eigenvalue weighted by Crippen LogP contribution is 2.17. The predicted octanol–water partition coefficient (Wildman–Crippen LogP) is 2.81. The molecule has 4 nitrogen and oxygen atoms in total. The molecule has 0 saturated heterocycles. The fraction of sp³-hybridized carbons (Fsp3) is 0.0714. The molecule has 7 heteroatoms. The van der Waals surface area contributed by atoms with Crippen molar-refractivity contribution in [2.45, 2.75) is 4.90 Å². The van der Waals surface area contributed by atoms with Crippen LogP contribution in [-0.2, 0) is 15.6 Å². The van der Waals surface area contributed by atoms with Gasteiger partial charge in [-0.05, 0) is 42.5 Å². The van der Waals surface area contributed by atoms with Crippen molar-refractivity contribution in [3.63, 3.8) is 0 Å². The lowest BCUT2D eigenvalue weighted by atomic mass is 10.2. The van der Waals surface area contributed by atoms with E-state index in [1.807, 2.05) is 0 Å². The molecule has 0 spiro atoms. The van der Waals surface area contributed by atoms with Crippen molar-refractivity contribution in [3.8, 4) is 0 Å². The largest absolute Gasteiger partial charge is 0.396 e. The molecular formula is C14H12ClFN2O2S. The van der Waals surface area contributed by atoms with E-state index in [9.17, 15) is 13.4 Å². The molecule has 0 aliphatic rings. The second-order valence-electron chi connectivity index (χ2n) is 4.23. The molecule has 0 radical (unpaired) electrons. The highest BCUT2D eigenvalue weighted by molar-refractivity contribution is 7.85. The van der Waals surface area contributed by atoms with Crippen LogP contribution in [0.2, 0.25) is 5.02 Å². The standard InChI is InChI=1S/C14H12ClFN2O2S/c15-9-1-4-11(5-2-9)21(20)8-14(19)18-10-3-6-12(16)13(17)7-10/h1-7H,8,17H2,(H,18,19). The Morgan fingerprint density at radius 3 is 2.52 bits per heavy atom. The summed E-state index contributed by atoms with van der Waals surface area (Å²) in [6, 6.07) is 10.2. The fourth-order valence-corrected chi connectivity index (χ4v) is 2.65. The Morgan fingerprint density at radius 2 is 1.90 bits per heavy atom. The molecule has 0 bridgehead atoms. The molecule has 0 fully saturated rings. The zero-order valence-corrected chi connectivity index (χ0v) is 12.4. The van der Waals surface area contributed by atoms with E-state index in [4.69, 9.17) is 17.3 Å². The van der Waals surface area contributed by atoms with E-state index in [1.165, 1.54) is 12.1 Å². The fourth-order valence-electron chi connectivity index (χ4n) is 1.61. The van der Waals surface area contributed by atoms with Crippen LogP contribution < -0.4 is 11.1 Å². The van der Waals surface area contributed by atoms with Gasteiger partial charge in [0.25, 0.3) is 0 Å². The number of halogens is 2. The van der Waals surface area contributed by atoms with Crippen molar-refractivity contribution in [1.29, 1.82) is 0 Å². The topological polar surface area (TPSA) is 72.2 Å². The lowest BCUT2D eigenvalue weighted by molar-refractivity contribution is -0.113. The number of nitrogens with two attached hydrogens (primary N) is 1. The number of benzene rings is 2. The molecule has 2 rings (SSSR count). The molecular weight excluding hydrogens is 315 g/mol. The first-order valence-corrected chi connectivity index (χ1v) is 7.64. The van der Waals surface area contributed by atoms with Gasteiger partial charge >= 0.3 is 0 Å². The van der Waals surface area contributed by atoms with E-state index in [0.717, 1.165) is 6.07 Å². The number of hydrogen-bond donors (Lipinski definition) is 2. The van der Waals surface area contributed by atoms with Crippen LogP contribution in [0.15, 0.2) is 47.4 Å². The Kier molecular flexibility index (Phi) is 4.93. The van der Waals surface area contributed by atoms with E-state index in [2.05, 4.69) is 5.32 Å². The Bertz CT molecular complexity index is 692. The van der Waals surface area contributed by atoms with Crippen molar-refractivity contribution in [1.82, 2.24) is 0 Å². The van der Waals surface area contributed by atoms with E-state index >= 15 is 0 Å². The first-order chi connectivity index (χ1) is 9.95. The van der Waals surface area contributed by atoms with Crippen LogP contribution in [-0.4, -0.2) is 15.9 Å². The average Bonchev–Trinajstić information content (AvgIpc) is 2.43. The lowest BCUT2D eigenvalue weighted by Gasteiger charge is -2.06. The second kappa shape index (κ2) is 6.69. The summed E-state index contributed by atoms with van der Waals surface area (Å²) in [7, 11) is -1.48. The molecule has 110 valence electrons. The SMILES string of the molecule is Nc1cc(NC(=O)CS(=O)c2ccc(Cl)cc2)ccc1F. The van der Waals surface area contributed by atoms with Crippen LogP contribution >= 0.6 is 11.6 Å². The second-order valence-corrected chi connectivity index (χ2v) is 6.12. The summed E-state index contributed by atoms with van der Waals surface area (Å²) in [4.78, 5) is 12.3. The van der Waals surface area contributed by atoms with Crippen molar-refractivity contribution in [2.24, 2.45) is 0 Å². The van der Waals surface area contributed by atoms with Crippen LogP contribution in [0.5, 0.6) is 0 Å². The van der Waals surface area contributed by atoms with E-state index in [-0.39, 0.29) is 11.4 Å². The minimum atomic E-state index is -1.48. The van der Waals surface area contributed by atoms with Gasteiger partial charge in [0.15, 0.2) is 0 Å². The van der Waals surface area contributed by atoms with Crippen molar-refractivity contribution >= 4 is 39.7 Å². The van der Waals surface area contributed by atoms with Gasteiger partial charge in [0, 0.05) is 15.6 Å². The number of carbonyl (C=O) groups is 1. The molecule has 3 N–H and O–H groups in total. The van der Waals surface area contributed by atoms with Crippen molar-refractivity contribution < 1.29 is 13.4 Å². The molecule has 1 amide bonds. The third-order valence-corrected chi connectivity index (χ3v) is 4.19. The molecule has 0 aliphatic heterocycles. The van der Waals surface area contributed by atoms with Crippen LogP contribution in [0.25, 0.3) is 0 Å². The van der Waals surface area contributed by atoms with Gasteiger partial charge in [-0.25, -0.2) is 4.39 Å². The summed E-state index contributed by atoms with van der Waals surface area (Å²) in [5.74, 6) is -1.22. The highest BCUT2D eigenvalue weighted by atomic mass is 35.5. The average molecular weight is 327 g/mol. The Balaban J connectivity index is 1.99. The van der Waals surface area contributed by atoms with E-state index < -0.39 is 22.5 Å². The van der Waals surface area contributed by atoms with E-state index in [1.54, 1.807) is 24.3 Å². The maximum atomic E-state index is 13.0. The van der Waals surface area contributed by atoms with Crippen molar-refractivity contribution in [3.05, 3.63) is 53.3 Å². The lowest BCUT2D eigenvalue weighted by Crippen LogP contribution is -2.19. The van der Waals surface area contributed by atoms with Gasteiger partial charge < -0.3 is 11.1 Å². The summed E-state index contributed by atoms with van der Waals surface area (Å²) < 4.78 is 25.0. The minimum absolute atomic E-state index is 0.0633.